The molecule has 0 aromatic heterocycles. The maximum absolute atomic E-state index is 9.47. The highest BCUT2D eigenvalue weighted by Crippen LogP contribution is 2.25. The average Bonchev–Trinajstić information content (AvgIpc) is 2.03. The predicted molar refractivity (Wildman–Crippen MR) is 57.6 cm³/mol. The van der Waals surface area contributed by atoms with E-state index in [1.807, 2.05) is 12.1 Å². The summed E-state index contributed by atoms with van der Waals surface area (Å²) in [6.07, 6.45) is 0. The van der Waals surface area contributed by atoms with Gasteiger partial charge in [-0.3, -0.25) is 0 Å². The van der Waals surface area contributed by atoms with Gasteiger partial charge in [0.2, 0.25) is 0 Å². The van der Waals surface area contributed by atoms with Gasteiger partial charge in [0.05, 0.1) is 0 Å². The second-order valence-electron chi connectivity index (χ2n) is 2.41. The van der Waals surface area contributed by atoms with Crippen LogP contribution in [0, 0.1) is 0 Å². The average molecular weight is 247 g/mol. The molecule has 0 saturated carbocycles. The van der Waals surface area contributed by atoms with Crippen molar-refractivity contribution in [3.8, 4) is 5.75 Å². The molecule has 66 valence electrons. The van der Waals surface area contributed by atoms with E-state index in [0.29, 0.717) is 5.75 Å². The van der Waals surface area contributed by atoms with Crippen molar-refractivity contribution in [3.05, 3.63) is 28.2 Å². The third-order valence-corrected chi connectivity index (χ3v) is 2.93. The van der Waals surface area contributed by atoms with Crippen molar-refractivity contribution in [2.45, 2.75) is 12.7 Å². The van der Waals surface area contributed by atoms with Crippen molar-refractivity contribution in [2.24, 2.45) is 0 Å². The Morgan fingerprint density at radius 2 is 2.25 bits per heavy atom. The highest BCUT2D eigenvalue weighted by molar-refractivity contribution is 9.10. The SMILES string of the molecule is CCSCc1ccc(Br)cc1O. The van der Waals surface area contributed by atoms with Crippen molar-refractivity contribution in [1.82, 2.24) is 0 Å². The van der Waals surface area contributed by atoms with Gasteiger partial charge in [-0.25, -0.2) is 0 Å². The van der Waals surface area contributed by atoms with Crippen LogP contribution >= 0.6 is 27.7 Å². The van der Waals surface area contributed by atoms with Gasteiger partial charge in [0.25, 0.3) is 0 Å². The molecule has 0 radical (unpaired) electrons. The third kappa shape index (κ3) is 2.72. The molecule has 0 saturated heterocycles. The number of phenols is 1. The summed E-state index contributed by atoms with van der Waals surface area (Å²) in [5, 5.41) is 9.47. The zero-order valence-electron chi connectivity index (χ0n) is 6.88. The summed E-state index contributed by atoms with van der Waals surface area (Å²) in [5.41, 5.74) is 1.00. The summed E-state index contributed by atoms with van der Waals surface area (Å²) in [6.45, 7) is 2.11. The lowest BCUT2D eigenvalue weighted by molar-refractivity contribution is 0.470. The van der Waals surface area contributed by atoms with Gasteiger partial charge in [-0.05, 0) is 17.9 Å². The fourth-order valence-corrected chi connectivity index (χ4v) is 1.89. The summed E-state index contributed by atoms with van der Waals surface area (Å²) >= 11 is 5.10. The molecular formula is C9H11BrOS. The molecule has 1 nitrogen and oxygen atoms in total. The Kier molecular flexibility index (Phi) is 3.95. The second kappa shape index (κ2) is 4.77. The monoisotopic (exact) mass is 246 g/mol. The first-order valence-corrected chi connectivity index (χ1v) is 5.74. The molecule has 12 heavy (non-hydrogen) atoms. The van der Waals surface area contributed by atoms with E-state index in [1.165, 1.54) is 0 Å². The van der Waals surface area contributed by atoms with Crippen molar-refractivity contribution in [3.63, 3.8) is 0 Å². The van der Waals surface area contributed by atoms with Crippen molar-refractivity contribution >= 4 is 27.7 Å². The Hall–Kier alpha value is -0.150. The lowest BCUT2D eigenvalue weighted by Gasteiger charge is -2.02. The van der Waals surface area contributed by atoms with Crippen LogP contribution in [-0.4, -0.2) is 10.9 Å². The summed E-state index contributed by atoms with van der Waals surface area (Å²) in [7, 11) is 0. The maximum atomic E-state index is 9.47. The summed E-state index contributed by atoms with van der Waals surface area (Å²) < 4.78 is 0.922. The van der Waals surface area contributed by atoms with E-state index in [9.17, 15) is 5.11 Å². The van der Waals surface area contributed by atoms with Gasteiger partial charge in [-0.1, -0.05) is 28.9 Å². The number of hydrogen-bond donors (Lipinski definition) is 1. The second-order valence-corrected chi connectivity index (χ2v) is 4.60. The first-order chi connectivity index (χ1) is 5.74. The molecule has 0 bridgehead atoms. The fourth-order valence-electron chi connectivity index (χ4n) is 0.871. The van der Waals surface area contributed by atoms with Crippen LogP contribution in [0.15, 0.2) is 22.7 Å². The molecule has 1 rings (SSSR count). The number of rotatable bonds is 3. The van der Waals surface area contributed by atoms with Crippen LogP contribution in [0.4, 0.5) is 0 Å². The van der Waals surface area contributed by atoms with Crippen LogP contribution in [0.2, 0.25) is 0 Å². The van der Waals surface area contributed by atoms with E-state index in [2.05, 4.69) is 22.9 Å². The van der Waals surface area contributed by atoms with Crippen molar-refractivity contribution in [1.29, 1.82) is 0 Å². The molecular weight excluding hydrogens is 236 g/mol. The van der Waals surface area contributed by atoms with E-state index in [4.69, 9.17) is 0 Å². The molecule has 0 aliphatic carbocycles. The highest BCUT2D eigenvalue weighted by Gasteiger charge is 2.00. The van der Waals surface area contributed by atoms with Crippen molar-refractivity contribution < 1.29 is 5.11 Å². The molecule has 0 amide bonds. The van der Waals surface area contributed by atoms with E-state index >= 15 is 0 Å². The third-order valence-electron chi connectivity index (χ3n) is 1.51. The number of benzene rings is 1. The fraction of sp³-hybridized carbons (Fsp3) is 0.333. The molecule has 0 fully saturated rings. The Labute approximate surface area is 85.3 Å². The zero-order valence-corrected chi connectivity index (χ0v) is 9.28. The molecule has 0 aliphatic heterocycles. The summed E-state index contributed by atoms with van der Waals surface area (Å²) in [4.78, 5) is 0. The molecule has 0 spiro atoms. The quantitative estimate of drug-likeness (QED) is 0.883. The van der Waals surface area contributed by atoms with Crippen LogP contribution in [-0.2, 0) is 5.75 Å². The highest BCUT2D eigenvalue weighted by atomic mass is 79.9. The number of halogens is 1. The van der Waals surface area contributed by atoms with Crippen LogP contribution in [0.3, 0.4) is 0 Å². The minimum Gasteiger partial charge on any atom is -0.508 e. The van der Waals surface area contributed by atoms with Gasteiger partial charge in [0, 0.05) is 15.8 Å². The maximum Gasteiger partial charge on any atom is 0.120 e. The van der Waals surface area contributed by atoms with Gasteiger partial charge in [0.1, 0.15) is 5.75 Å². The molecule has 0 heterocycles. The lowest BCUT2D eigenvalue weighted by atomic mass is 10.2. The molecule has 0 atom stereocenters. The topological polar surface area (TPSA) is 20.2 Å². The van der Waals surface area contributed by atoms with Crippen LogP contribution in [0.5, 0.6) is 5.75 Å². The summed E-state index contributed by atoms with van der Waals surface area (Å²) in [5.74, 6) is 2.34. The van der Waals surface area contributed by atoms with Gasteiger partial charge < -0.3 is 5.11 Å². The van der Waals surface area contributed by atoms with Gasteiger partial charge in [-0.15, -0.1) is 0 Å². The minimum atomic E-state index is 0.380. The standard InChI is InChI=1S/C9H11BrOS/c1-2-12-6-7-3-4-8(10)5-9(7)11/h3-5,11H,2,6H2,1H3. The van der Waals surface area contributed by atoms with E-state index in [0.717, 1.165) is 21.5 Å². The molecule has 1 N–H and O–H groups in total. The smallest absolute Gasteiger partial charge is 0.120 e. The van der Waals surface area contributed by atoms with Crippen molar-refractivity contribution in [2.75, 3.05) is 5.75 Å². The van der Waals surface area contributed by atoms with Crippen LogP contribution in [0.1, 0.15) is 12.5 Å². The number of hydrogen-bond acceptors (Lipinski definition) is 2. The molecule has 0 unspecified atom stereocenters. The number of thioether (sulfide) groups is 1. The molecule has 0 aliphatic rings. The summed E-state index contributed by atoms with van der Waals surface area (Å²) in [6, 6.07) is 5.62. The molecule has 1 aromatic rings. The lowest BCUT2D eigenvalue weighted by Crippen LogP contribution is -1.82. The van der Waals surface area contributed by atoms with E-state index in [1.54, 1.807) is 17.8 Å². The van der Waals surface area contributed by atoms with E-state index < -0.39 is 0 Å². The van der Waals surface area contributed by atoms with Gasteiger partial charge in [0.15, 0.2) is 0 Å². The van der Waals surface area contributed by atoms with Gasteiger partial charge in [-0.2, -0.15) is 11.8 Å². The predicted octanol–water partition coefficient (Wildman–Crippen LogP) is 3.41. The Bertz CT molecular complexity index is 263. The first kappa shape index (κ1) is 9.93. The number of phenolic OH excluding ortho intramolecular Hbond substituents is 1. The molecule has 3 heteroatoms. The Morgan fingerprint density at radius 3 is 2.83 bits per heavy atom. The Balaban J connectivity index is 2.72. The van der Waals surface area contributed by atoms with Crippen LogP contribution in [0.25, 0.3) is 0 Å². The van der Waals surface area contributed by atoms with Crippen LogP contribution < -0.4 is 0 Å². The first-order valence-electron chi connectivity index (χ1n) is 3.79. The normalized spacial score (nSPS) is 10.2. The Morgan fingerprint density at radius 1 is 1.50 bits per heavy atom. The number of aromatic hydroxyl groups is 1. The van der Waals surface area contributed by atoms with Gasteiger partial charge >= 0.3 is 0 Å². The minimum absolute atomic E-state index is 0.380. The molecule has 1 aromatic carbocycles. The van der Waals surface area contributed by atoms with E-state index in [-0.39, 0.29) is 0 Å². The largest absolute Gasteiger partial charge is 0.508 e. The zero-order chi connectivity index (χ0) is 8.97.